The summed E-state index contributed by atoms with van der Waals surface area (Å²) in [4.78, 5) is 0. The third-order valence-corrected chi connectivity index (χ3v) is 3.52. The van der Waals surface area contributed by atoms with Gasteiger partial charge in [-0.25, -0.2) is 0 Å². The minimum atomic E-state index is 0.440. The predicted molar refractivity (Wildman–Crippen MR) is 57.8 cm³/mol. The van der Waals surface area contributed by atoms with E-state index in [9.17, 15) is 0 Å². The van der Waals surface area contributed by atoms with Gasteiger partial charge in [0.25, 0.3) is 0 Å². The number of nitrogens with one attached hydrogen (secondary N) is 1. The van der Waals surface area contributed by atoms with Gasteiger partial charge in [0.2, 0.25) is 0 Å². The van der Waals surface area contributed by atoms with Gasteiger partial charge in [0.15, 0.2) is 0 Å². The predicted octanol–water partition coefficient (Wildman–Crippen LogP) is 2.52. The normalized spacial score (nSPS) is 23.0. The van der Waals surface area contributed by atoms with Gasteiger partial charge in [-0.05, 0) is 43.7 Å². The highest BCUT2D eigenvalue weighted by atomic mass is 32.2. The van der Waals surface area contributed by atoms with Crippen molar-refractivity contribution in [2.45, 2.75) is 39.2 Å². The van der Waals surface area contributed by atoms with Gasteiger partial charge >= 0.3 is 0 Å². The fraction of sp³-hybridized carbons (Fsp3) is 1.00. The van der Waals surface area contributed by atoms with Crippen LogP contribution in [-0.2, 0) is 0 Å². The lowest BCUT2D eigenvalue weighted by Crippen LogP contribution is -2.46. The molecule has 72 valence electrons. The molecular weight excluding hydrogens is 166 g/mol. The molecule has 0 radical (unpaired) electrons. The van der Waals surface area contributed by atoms with Gasteiger partial charge in [-0.3, -0.25) is 0 Å². The molecule has 1 N–H and O–H groups in total. The Kier molecular flexibility index (Phi) is 3.91. The minimum Gasteiger partial charge on any atom is -0.311 e. The number of thioether (sulfide) groups is 1. The van der Waals surface area contributed by atoms with Crippen LogP contribution in [0.3, 0.4) is 0 Å². The van der Waals surface area contributed by atoms with E-state index in [-0.39, 0.29) is 0 Å². The summed E-state index contributed by atoms with van der Waals surface area (Å²) in [6.45, 7) is 8.08. The molecule has 0 saturated carbocycles. The maximum Gasteiger partial charge on any atom is 0.0169 e. The molecule has 0 bridgehead atoms. The van der Waals surface area contributed by atoms with Crippen molar-refractivity contribution in [3.05, 3.63) is 0 Å². The summed E-state index contributed by atoms with van der Waals surface area (Å²) in [7, 11) is 0. The van der Waals surface area contributed by atoms with Gasteiger partial charge in [0, 0.05) is 5.54 Å². The fourth-order valence-electron chi connectivity index (χ4n) is 1.45. The molecule has 0 aromatic heterocycles. The number of hydrogen-bond acceptors (Lipinski definition) is 2. The Morgan fingerprint density at radius 2 is 1.92 bits per heavy atom. The molecule has 1 saturated heterocycles. The van der Waals surface area contributed by atoms with E-state index in [1.807, 2.05) is 0 Å². The molecule has 0 aliphatic carbocycles. The van der Waals surface area contributed by atoms with Crippen molar-refractivity contribution < 1.29 is 0 Å². The van der Waals surface area contributed by atoms with E-state index in [0.29, 0.717) is 5.54 Å². The zero-order chi connectivity index (χ0) is 9.03. The summed E-state index contributed by atoms with van der Waals surface area (Å²) in [5.41, 5.74) is 0.440. The summed E-state index contributed by atoms with van der Waals surface area (Å²) < 4.78 is 0. The largest absolute Gasteiger partial charge is 0.311 e. The van der Waals surface area contributed by atoms with Gasteiger partial charge in [-0.15, -0.1) is 0 Å². The first-order valence-electron chi connectivity index (χ1n) is 4.95. The molecule has 0 aromatic carbocycles. The molecule has 0 unspecified atom stereocenters. The Hall–Kier alpha value is 0.310. The maximum atomic E-state index is 3.68. The first-order chi connectivity index (χ1) is 5.62. The average Bonchev–Trinajstić information content (AvgIpc) is 2.03. The SMILES string of the molecule is CC(C)CNC1(C)CCSCC1. The van der Waals surface area contributed by atoms with Gasteiger partial charge < -0.3 is 5.32 Å². The molecule has 0 amide bonds. The van der Waals surface area contributed by atoms with E-state index in [0.717, 1.165) is 5.92 Å². The monoisotopic (exact) mass is 187 g/mol. The Morgan fingerprint density at radius 1 is 1.33 bits per heavy atom. The van der Waals surface area contributed by atoms with Crippen LogP contribution < -0.4 is 5.32 Å². The lowest BCUT2D eigenvalue weighted by molar-refractivity contribution is 0.313. The zero-order valence-corrected chi connectivity index (χ0v) is 9.34. The second-order valence-corrected chi connectivity index (χ2v) is 5.67. The molecule has 2 heteroatoms. The van der Waals surface area contributed by atoms with E-state index in [2.05, 4.69) is 37.8 Å². The number of hydrogen-bond donors (Lipinski definition) is 1. The first kappa shape index (κ1) is 10.4. The van der Waals surface area contributed by atoms with Gasteiger partial charge in [0.1, 0.15) is 0 Å². The summed E-state index contributed by atoms with van der Waals surface area (Å²) >= 11 is 2.09. The summed E-state index contributed by atoms with van der Waals surface area (Å²) in [6, 6.07) is 0. The minimum absolute atomic E-state index is 0.440. The van der Waals surface area contributed by atoms with E-state index in [4.69, 9.17) is 0 Å². The molecule has 12 heavy (non-hydrogen) atoms. The van der Waals surface area contributed by atoms with Crippen LogP contribution in [0.5, 0.6) is 0 Å². The second-order valence-electron chi connectivity index (χ2n) is 4.45. The van der Waals surface area contributed by atoms with E-state index in [1.54, 1.807) is 0 Å². The molecule has 1 heterocycles. The van der Waals surface area contributed by atoms with Crippen molar-refractivity contribution in [1.82, 2.24) is 5.32 Å². The van der Waals surface area contributed by atoms with Crippen LogP contribution in [-0.4, -0.2) is 23.6 Å². The summed E-state index contributed by atoms with van der Waals surface area (Å²) in [5.74, 6) is 3.44. The molecule has 0 atom stereocenters. The highest BCUT2D eigenvalue weighted by Crippen LogP contribution is 2.26. The first-order valence-corrected chi connectivity index (χ1v) is 6.11. The zero-order valence-electron chi connectivity index (χ0n) is 8.52. The van der Waals surface area contributed by atoms with E-state index in [1.165, 1.54) is 30.9 Å². The van der Waals surface area contributed by atoms with Crippen LogP contribution in [0.4, 0.5) is 0 Å². The fourth-order valence-corrected chi connectivity index (χ4v) is 2.84. The average molecular weight is 187 g/mol. The Bertz CT molecular complexity index is 128. The standard InChI is InChI=1S/C10H21NS/c1-9(2)8-11-10(3)4-6-12-7-5-10/h9,11H,4-8H2,1-3H3. The maximum absolute atomic E-state index is 3.68. The molecule has 1 nitrogen and oxygen atoms in total. The van der Waals surface area contributed by atoms with Crippen molar-refractivity contribution in [3.8, 4) is 0 Å². The quantitative estimate of drug-likeness (QED) is 0.728. The molecule has 0 spiro atoms. The van der Waals surface area contributed by atoms with Crippen LogP contribution in [0.1, 0.15) is 33.6 Å². The van der Waals surface area contributed by atoms with E-state index < -0.39 is 0 Å². The van der Waals surface area contributed by atoms with Gasteiger partial charge in [-0.2, -0.15) is 11.8 Å². The second kappa shape index (κ2) is 4.52. The summed E-state index contributed by atoms with van der Waals surface area (Å²) in [6.07, 6.45) is 2.68. The van der Waals surface area contributed by atoms with Crippen molar-refractivity contribution in [2.75, 3.05) is 18.1 Å². The van der Waals surface area contributed by atoms with Crippen molar-refractivity contribution in [1.29, 1.82) is 0 Å². The molecular formula is C10H21NS. The van der Waals surface area contributed by atoms with E-state index >= 15 is 0 Å². The van der Waals surface area contributed by atoms with Crippen LogP contribution >= 0.6 is 11.8 Å². The Morgan fingerprint density at radius 3 is 2.42 bits per heavy atom. The highest BCUT2D eigenvalue weighted by molar-refractivity contribution is 7.99. The lowest BCUT2D eigenvalue weighted by atomic mass is 9.94. The van der Waals surface area contributed by atoms with Crippen LogP contribution in [0, 0.1) is 5.92 Å². The van der Waals surface area contributed by atoms with Crippen LogP contribution in [0.25, 0.3) is 0 Å². The third kappa shape index (κ3) is 3.36. The molecule has 1 aliphatic heterocycles. The van der Waals surface area contributed by atoms with Crippen molar-refractivity contribution >= 4 is 11.8 Å². The van der Waals surface area contributed by atoms with Gasteiger partial charge in [0.05, 0.1) is 0 Å². The molecule has 1 fully saturated rings. The highest BCUT2D eigenvalue weighted by Gasteiger charge is 2.25. The van der Waals surface area contributed by atoms with Crippen molar-refractivity contribution in [2.24, 2.45) is 5.92 Å². The Labute approximate surface area is 80.7 Å². The van der Waals surface area contributed by atoms with Crippen LogP contribution in [0.15, 0.2) is 0 Å². The van der Waals surface area contributed by atoms with Crippen molar-refractivity contribution in [3.63, 3.8) is 0 Å². The Balaban J connectivity index is 2.26. The smallest absolute Gasteiger partial charge is 0.0169 e. The number of rotatable bonds is 3. The summed E-state index contributed by atoms with van der Waals surface area (Å²) in [5, 5.41) is 3.68. The van der Waals surface area contributed by atoms with Crippen LogP contribution in [0.2, 0.25) is 0 Å². The molecule has 1 aliphatic rings. The third-order valence-electron chi connectivity index (χ3n) is 2.53. The molecule has 0 aromatic rings. The topological polar surface area (TPSA) is 12.0 Å². The van der Waals surface area contributed by atoms with Gasteiger partial charge in [-0.1, -0.05) is 13.8 Å². The lowest BCUT2D eigenvalue weighted by Gasteiger charge is -2.35. The molecule has 1 rings (SSSR count).